The van der Waals surface area contributed by atoms with Crippen LogP contribution >= 0.6 is 0 Å². The van der Waals surface area contributed by atoms with Crippen LogP contribution in [0.1, 0.15) is 53.1 Å². The minimum absolute atomic E-state index is 0. The van der Waals surface area contributed by atoms with Crippen LogP contribution in [0.5, 0.6) is 0 Å². The predicted molar refractivity (Wildman–Crippen MR) is 419 cm³/mol. The van der Waals surface area contributed by atoms with Crippen LogP contribution in [0.4, 0.5) is 11.4 Å². The predicted octanol–water partition coefficient (Wildman–Crippen LogP) is 8.91. The van der Waals surface area contributed by atoms with Crippen molar-refractivity contribution < 1.29 is 18.9 Å². The molecule has 428 valence electrons. The van der Waals surface area contributed by atoms with Crippen molar-refractivity contribution in [2.45, 2.75) is 43.9 Å². The fourth-order valence-corrected chi connectivity index (χ4v) is 50.3. The third-order valence-electron chi connectivity index (χ3n) is 13.9. The topological polar surface area (TPSA) is 6.48 Å². The summed E-state index contributed by atoms with van der Waals surface area (Å²) in [5, 5.41) is 11.5. The molecule has 82 heavy (non-hydrogen) atoms. The van der Waals surface area contributed by atoms with Gasteiger partial charge in [0.2, 0.25) is 0 Å². The molecule has 0 N–H and O–H groups in total. The Hall–Kier alpha value is -1.17. The molecule has 10 rings (SSSR count). The summed E-state index contributed by atoms with van der Waals surface area (Å²) >= 11 is 18.6. The van der Waals surface area contributed by atoms with E-state index in [9.17, 15) is 0 Å². The monoisotopic (exact) mass is 1460 g/mol. The standard InChI is InChI=1S/C27H27NSi.C27H25NSi.C4H9.Li.S10.S9/c2*1-28(2)24-14-8-9-15-27(24)29(3,25-18-16-20-10-4-6-12-22(20)25)26-19-17-21-11-5-7-13-23(21)26;1-3-4-2;;1-3-5-7-9-10-8-6-4-2;1-3-5-7-9-8-6-4-2/h4-19,25-26H,1-3H3;4-19H,1-3H3;1,3-4H2,2H3;;;/q;-2;-1;+1;;. The number of hydrogen-bond donors (Lipinski definition) is 0. The normalized spacial score (nSPS) is 13.6. The summed E-state index contributed by atoms with van der Waals surface area (Å²) in [6.07, 6.45) is 11.9. The number of benzene rings is 6. The number of fused-ring (bicyclic) bond motifs is 4. The van der Waals surface area contributed by atoms with E-state index in [-0.39, 0.29) is 18.9 Å². The van der Waals surface area contributed by atoms with E-state index in [2.05, 4.69) is 304 Å². The first-order valence-electron chi connectivity index (χ1n) is 25.1. The van der Waals surface area contributed by atoms with Gasteiger partial charge >= 0.3 is 18.9 Å². The Morgan fingerprint density at radius 2 is 0.780 bits per heavy atom. The van der Waals surface area contributed by atoms with Crippen molar-refractivity contribution in [3.05, 3.63) is 211 Å². The molecule has 2 unspecified atom stereocenters. The van der Waals surface area contributed by atoms with Crippen molar-refractivity contribution in [2.75, 3.05) is 38.0 Å². The fraction of sp³-hybridized carbons (Fsp3) is 0.190. The first-order chi connectivity index (χ1) is 39.4. The molecular weight excluding hydrogens is 1400 g/mol. The second-order valence-corrected chi connectivity index (χ2v) is 53.5. The van der Waals surface area contributed by atoms with E-state index >= 15 is 0 Å². The fourth-order valence-electron chi connectivity index (χ4n) is 10.4. The molecule has 8 aromatic carbocycles. The summed E-state index contributed by atoms with van der Waals surface area (Å²) in [5.41, 5.74) is 9.35. The maximum Gasteiger partial charge on any atom is 1.00 e. The van der Waals surface area contributed by atoms with E-state index in [1.165, 1.54) is 113 Å². The molecule has 8 aromatic rings. The average molecular weight is 1460 g/mol. The summed E-state index contributed by atoms with van der Waals surface area (Å²) in [6.45, 7) is 10.8. The van der Waals surface area contributed by atoms with Crippen LogP contribution in [0.3, 0.4) is 0 Å². The SMILES string of the molecule is CN(C)c1ccccc1[Si](C)(C1C=Cc2ccccc21)C1C=Cc2ccccc21.CN(C)c1ccccc1[Si](C)([c-]1ccc2ccccc21)[c-]1ccc2ccccc21.S=S=S=S=S=S=S=S=S.S=S=S=S=S=S=S=S=S=S.[CH2-]CCC.[Li+]. The third kappa shape index (κ3) is 18.9. The van der Waals surface area contributed by atoms with Crippen molar-refractivity contribution in [1.29, 1.82) is 0 Å². The summed E-state index contributed by atoms with van der Waals surface area (Å²) in [4.78, 5) is 4.55. The Kier molecular flexibility index (Phi) is 33.4. The molecule has 2 aliphatic rings. The van der Waals surface area contributed by atoms with Gasteiger partial charge in [0.05, 0.1) is 8.07 Å². The minimum atomic E-state index is -2.25. The molecule has 0 aliphatic heterocycles. The Labute approximate surface area is 563 Å². The average Bonchev–Trinajstić information content (AvgIpc) is 3.95. The molecule has 0 saturated carbocycles. The summed E-state index contributed by atoms with van der Waals surface area (Å²) < 4.78 is 0. The van der Waals surface area contributed by atoms with Crippen LogP contribution in [-0.4, -0.2) is 44.3 Å². The summed E-state index contributed by atoms with van der Waals surface area (Å²) in [7, 11) is 27.9. The zero-order valence-electron chi connectivity index (χ0n) is 46.4. The van der Waals surface area contributed by atoms with E-state index in [1.807, 2.05) is 0 Å². The van der Waals surface area contributed by atoms with Gasteiger partial charge in [0.1, 0.15) is 8.07 Å². The molecule has 0 saturated heterocycles. The summed E-state index contributed by atoms with van der Waals surface area (Å²) in [6, 6.07) is 62.9. The van der Waals surface area contributed by atoms with Gasteiger partial charge in [-0.25, -0.2) is 0 Å². The molecule has 2 nitrogen and oxygen atoms in total. The molecule has 0 bridgehead atoms. The van der Waals surface area contributed by atoms with Gasteiger partial charge in [-0.05, 0) is 44.8 Å². The van der Waals surface area contributed by atoms with Gasteiger partial charge in [-0.2, -0.15) is 30.7 Å². The zero-order chi connectivity index (χ0) is 58.0. The molecule has 2 aliphatic carbocycles. The molecule has 0 radical (unpaired) electrons. The second kappa shape index (κ2) is 38.3. The molecule has 0 fully saturated rings. The van der Waals surface area contributed by atoms with Crippen molar-refractivity contribution in [1.82, 2.24) is 0 Å². The van der Waals surface area contributed by atoms with Crippen LogP contribution in [0, 0.1) is 6.92 Å². The zero-order valence-corrected chi connectivity index (χ0v) is 63.9. The number of anilines is 2. The maximum atomic E-state index is 4.66. The van der Waals surface area contributed by atoms with E-state index in [0.717, 1.165) is 6.42 Å². The van der Waals surface area contributed by atoms with Gasteiger partial charge in [-0.15, -0.1) is 68.3 Å². The van der Waals surface area contributed by atoms with Crippen LogP contribution in [-0.2, 0) is 178 Å². The third-order valence-corrected chi connectivity index (χ3v) is 52.5. The van der Waals surface area contributed by atoms with Gasteiger partial charge in [0, 0.05) is 229 Å². The molecule has 0 spiro atoms. The quantitative estimate of drug-likeness (QED) is 0.105. The van der Waals surface area contributed by atoms with Gasteiger partial charge in [0.25, 0.3) is 0 Å². The Bertz CT molecular complexity index is 4030. The van der Waals surface area contributed by atoms with Gasteiger partial charge in [0.15, 0.2) is 0 Å². The molecule has 2 atom stereocenters. The van der Waals surface area contributed by atoms with Gasteiger partial charge in [-0.1, -0.05) is 148 Å². The molecule has 0 aromatic heterocycles. The van der Waals surface area contributed by atoms with Crippen LogP contribution in [0.2, 0.25) is 13.1 Å². The molecule has 0 amide bonds. The molecular formula is C58H61LiN2S19Si2-2. The van der Waals surface area contributed by atoms with Crippen molar-refractivity contribution in [2.24, 2.45) is 0 Å². The first-order valence-corrected chi connectivity index (χ1v) is 52.9. The van der Waals surface area contributed by atoms with Crippen LogP contribution in [0.25, 0.3) is 33.7 Å². The van der Waals surface area contributed by atoms with E-state index in [1.54, 1.807) is 103 Å². The van der Waals surface area contributed by atoms with E-state index in [0.29, 0.717) is 11.1 Å². The Morgan fingerprint density at radius 1 is 0.451 bits per heavy atom. The van der Waals surface area contributed by atoms with Gasteiger partial charge < -0.3 is 16.7 Å². The summed E-state index contributed by atoms with van der Waals surface area (Å²) in [5.74, 6) is 0. The van der Waals surface area contributed by atoms with E-state index < -0.39 is 16.1 Å². The van der Waals surface area contributed by atoms with Crippen LogP contribution in [0.15, 0.2) is 182 Å². The minimum Gasteiger partial charge on any atom is -0.378 e. The largest absolute Gasteiger partial charge is 1.00 e. The van der Waals surface area contributed by atoms with Crippen molar-refractivity contribution in [3.63, 3.8) is 0 Å². The maximum absolute atomic E-state index is 4.66. The number of nitrogens with zero attached hydrogens (tertiary/aromatic N) is 2. The van der Waals surface area contributed by atoms with E-state index in [4.69, 9.17) is 0 Å². The Balaban J connectivity index is 0.000000218. The molecule has 24 heteroatoms. The number of para-hydroxylation sites is 2. The van der Waals surface area contributed by atoms with Gasteiger partial charge in [-0.3, -0.25) is 0 Å². The van der Waals surface area contributed by atoms with Crippen molar-refractivity contribution >= 4 is 260 Å². The van der Waals surface area contributed by atoms with Crippen molar-refractivity contribution in [3.8, 4) is 0 Å². The molecule has 0 heterocycles. The first kappa shape index (κ1) is 71.6. The number of hydrogen-bond acceptors (Lipinski definition) is 6. The smallest absolute Gasteiger partial charge is 0.378 e. The second-order valence-electron chi connectivity index (χ2n) is 18.7. The Morgan fingerprint density at radius 3 is 1.17 bits per heavy atom. The number of allylic oxidation sites excluding steroid dienone is 2. The van der Waals surface area contributed by atoms with Crippen LogP contribution < -0.4 is 49.4 Å². The number of unbranched alkanes of at least 4 members (excludes halogenated alkanes) is 1. The number of rotatable bonds is 9.